The van der Waals surface area contributed by atoms with Crippen molar-refractivity contribution in [2.45, 2.75) is 30.1 Å². The van der Waals surface area contributed by atoms with Gasteiger partial charge in [0.2, 0.25) is 5.60 Å². The Kier molecular flexibility index (Phi) is 4.42. The quantitative estimate of drug-likeness (QED) is 0.577. The normalized spacial score (nSPS) is 28.2. The van der Waals surface area contributed by atoms with Crippen LogP contribution in [0, 0.1) is 11.3 Å². The third kappa shape index (κ3) is 2.93. The first-order chi connectivity index (χ1) is 12.6. The summed E-state index contributed by atoms with van der Waals surface area (Å²) >= 11 is 0. The Labute approximate surface area is 148 Å². The van der Waals surface area contributed by atoms with E-state index in [4.69, 9.17) is 10.5 Å². The molecule has 3 heterocycles. The summed E-state index contributed by atoms with van der Waals surface area (Å²) in [5.74, 6) is -2.43. The van der Waals surface area contributed by atoms with Gasteiger partial charge < -0.3 is 25.4 Å². The Morgan fingerprint density at radius 2 is 2.19 bits per heavy atom. The first kappa shape index (κ1) is 18.8. The number of aliphatic hydroxyl groups is 2. The number of hydrogen-bond acceptors (Lipinski definition) is 9. The third-order valence-corrected chi connectivity index (χ3v) is 4.10. The average Bonchev–Trinajstić information content (AvgIpc) is 3.15. The van der Waals surface area contributed by atoms with Crippen LogP contribution in [-0.2, 0) is 19.9 Å². The zero-order chi connectivity index (χ0) is 20.0. The Balaban J connectivity index is 1.93. The fourth-order valence-corrected chi connectivity index (χ4v) is 2.79. The number of alkyl halides is 3. The van der Waals surface area contributed by atoms with Crippen molar-refractivity contribution in [2.75, 3.05) is 12.3 Å². The topological polar surface area (TPSA) is 156 Å². The minimum atomic E-state index is -5.24. The number of carbonyl (C=O) groups excluding carboxylic acids is 1. The predicted octanol–water partition coefficient (Wildman–Crippen LogP) is -0.744. The van der Waals surface area contributed by atoms with E-state index in [1.54, 1.807) is 6.07 Å². The maximum atomic E-state index is 12.2. The number of fused-ring (bicyclic) bond motifs is 1. The fraction of sp³-hybridized carbons (Fsp3) is 0.429. The Morgan fingerprint density at radius 1 is 1.48 bits per heavy atom. The second kappa shape index (κ2) is 6.34. The number of halogens is 3. The molecular formula is C14H12F3N5O5. The lowest BCUT2D eigenvalue weighted by Gasteiger charge is -2.24. The van der Waals surface area contributed by atoms with Gasteiger partial charge in [0, 0.05) is 0 Å². The standard InChI is InChI=1S/C14H12F3N5O5/c15-14(16,17)12(25)26-3-7-9(23)10(24)13(4-18,27-7)8-2-1-6-11(19)20-5-21-22(6)8/h1-2,5,7,9-10,23-24H,3H2,(H2,19,20,21)/t7-,9-,10-,13+/m1/s1. The van der Waals surface area contributed by atoms with Crippen LogP contribution in [-0.4, -0.2) is 61.9 Å². The van der Waals surface area contributed by atoms with Gasteiger partial charge in [0.1, 0.15) is 42.8 Å². The van der Waals surface area contributed by atoms with Crippen LogP contribution in [0.15, 0.2) is 18.5 Å². The number of rotatable bonds is 3. The van der Waals surface area contributed by atoms with Gasteiger partial charge in [-0.2, -0.15) is 23.5 Å². The zero-order valence-corrected chi connectivity index (χ0v) is 13.3. The van der Waals surface area contributed by atoms with Crippen LogP contribution in [0.25, 0.3) is 5.52 Å². The van der Waals surface area contributed by atoms with E-state index in [0.29, 0.717) is 0 Å². The van der Waals surface area contributed by atoms with Crippen molar-refractivity contribution in [1.29, 1.82) is 5.26 Å². The van der Waals surface area contributed by atoms with E-state index in [-0.39, 0.29) is 17.0 Å². The number of aromatic nitrogens is 3. The van der Waals surface area contributed by atoms with Crippen molar-refractivity contribution in [3.8, 4) is 6.07 Å². The monoisotopic (exact) mass is 387 g/mol. The van der Waals surface area contributed by atoms with Gasteiger partial charge in [0.25, 0.3) is 0 Å². The Morgan fingerprint density at radius 3 is 2.81 bits per heavy atom. The van der Waals surface area contributed by atoms with Crippen LogP contribution in [0.3, 0.4) is 0 Å². The molecule has 1 aliphatic rings. The lowest BCUT2D eigenvalue weighted by Crippen LogP contribution is -2.41. The number of carbonyl (C=O) groups is 1. The number of esters is 1. The Hall–Kier alpha value is -2.95. The second-order valence-electron chi connectivity index (χ2n) is 5.70. The van der Waals surface area contributed by atoms with Gasteiger partial charge in [0.05, 0.1) is 5.69 Å². The van der Waals surface area contributed by atoms with Crippen LogP contribution in [0.4, 0.5) is 19.0 Å². The molecule has 0 spiro atoms. The summed E-state index contributed by atoms with van der Waals surface area (Å²) < 4.78 is 47.3. The molecule has 0 unspecified atom stereocenters. The van der Waals surface area contributed by atoms with E-state index in [1.807, 2.05) is 0 Å². The lowest BCUT2D eigenvalue weighted by molar-refractivity contribution is -0.204. The molecule has 2 aromatic heterocycles. The molecule has 0 amide bonds. The largest absolute Gasteiger partial charge is 0.490 e. The number of nitrogen functional groups attached to an aromatic ring is 1. The van der Waals surface area contributed by atoms with Gasteiger partial charge in [-0.15, -0.1) is 0 Å². The molecule has 27 heavy (non-hydrogen) atoms. The molecule has 4 atom stereocenters. The molecule has 0 bridgehead atoms. The molecule has 1 aliphatic heterocycles. The van der Waals surface area contributed by atoms with E-state index in [2.05, 4.69) is 14.8 Å². The van der Waals surface area contributed by atoms with Crippen LogP contribution in [0.5, 0.6) is 0 Å². The highest BCUT2D eigenvalue weighted by molar-refractivity contribution is 5.75. The number of nitriles is 1. The number of ether oxygens (including phenoxy) is 2. The first-order valence-electron chi connectivity index (χ1n) is 7.39. The van der Waals surface area contributed by atoms with Crippen LogP contribution in [0.1, 0.15) is 5.69 Å². The highest BCUT2D eigenvalue weighted by Crippen LogP contribution is 2.40. The average molecular weight is 387 g/mol. The van der Waals surface area contributed by atoms with E-state index >= 15 is 0 Å². The third-order valence-electron chi connectivity index (χ3n) is 4.10. The van der Waals surface area contributed by atoms with Gasteiger partial charge in [-0.05, 0) is 12.1 Å². The molecule has 0 radical (unpaired) electrons. The van der Waals surface area contributed by atoms with E-state index in [1.165, 1.54) is 12.1 Å². The molecule has 10 nitrogen and oxygen atoms in total. The van der Waals surface area contributed by atoms with Crippen LogP contribution in [0.2, 0.25) is 0 Å². The van der Waals surface area contributed by atoms with Crippen molar-refractivity contribution in [1.82, 2.24) is 14.6 Å². The summed E-state index contributed by atoms with van der Waals surface area (Å²) in [6, 6.07) is 4.47. The summed E-state index contributed by atoms with van der Waals surface area (Å²) in [4.78, 5) is 14.6. The van der Waals surface area contributed by atoms with Crippen LogP contribution >= 0.6 is 0 Å². The van der Waals surface area contributed by atoms with Gasteiger partial charge >= 0.3 is 12.1 Å². The van der Waals surface area contributed by atoms with Gasteiger partial charge in [-0.3, -0.25) is 0 Å². The summed E-state index contributed by atoms with van der Waals surface area (Å²) in [6.07, 6.45) is -9.42. The zero-order valence-electron chi connectivity index (χ0n) is 13.3. The maximum absolute atomic E-state index is 12.2. The van der Waals surface area contributed by atoms with Crippen molar-refractivity contribution < 1.29 is 37.7 Å². The smallest absolute Gasteiger partial charge is 0.456 e. The second-order valence-corrected chi connectivity index (χ2v) is 5.70. The summed E-state index contributed by atoms with van der Waals surface area (Å²) in [5, 5.41) is 34.0. The molecule has 4 N–H and O–H groups in total. The molecular weight excluding hydrogens is 375 g/mol. The highest BCUT2D eigenvalue weighted by atomic mass is 19.4. The maximum Gasteiger partial charge on any atom is 0.490 e. The molecule has 3 rings (SSSR count). The van der Waals surface area contributed by atoms with Crippen molar-refractivity contribution >= 4 is 17.3 Å². The van der Waals surface area contributed by atoms with Crippen molar-refractivity contribution in [3.05, 3.63) is 24.2 Å². The minimum Gasteiger partial charge on any atom is -0.456 e. The Bertz CT molecular complexity index is 926. The fourth-order valence-electron chi connectivity index (χ4n) is 2.79. The van der Waals surface area contributed by atoms with Crippen LogP contribution < -0.4 is 5.73 Å². The SMILES string of the molecule is N#C[C@@]1(c2ccc3c(N)ncnn23)O[C@H](COC(=O)C(F)(F)F)[C@@H](O)[C@H]1O. The lowest BCUT2D eigenvalue weighted by atomic mass is 9.92. The molecule has 13 heteroatoms. The molecule has 2 aromatic rings. The summed E-state index contributed by atoms with van der Waals surface area (Å²) in [7, 11) is 0. The molecule has 0 aliphatic carbocycles. The number of nitrogens with two attached hydrogens (primary N) is 1. The molecule has 1 saturated heterocycles. The van der Waals surface area contributed by atoms with E-state index in [0.717, 1.165) is 10.8 Å². The van der Waals surface area contributed by atoms with Crippen molar-refractivity contribution in [3.63, 3.8) is 0 Å². The number of aliphatic hydroxyl groups excluding tert-OH is 2. The number of hydrogen-bond donors (Lipinski definition) is 3. The number of nitrogens with zero attached hydrogens (tertiary/aromatic N) is 4. The van der Waals surface area contributed by atoms with E-state index in [9.17, 15) is 33.4 Å². The van der Waals surface area contributed by atoms with Gasteiger partial charge in [0.15, 0.2) is 5.82 Å². The van der Waals surface area contributed by atoms with Gasteiger partial charge in [-0.25, -0.2) is 14.3 Å². The summed E-state index contributed by atoms with van der Waals surface area (Å²) in [5.41, 5.74) is 3.74. The molecule has 144 valence electrons. The predicted molar refractivity (Wildman–Crippen MR) is 78.6 cm³/mol. The molecule has 0 saturated carbocycles. The summed E-state index contributed by atoms with van der Waals surface area (Å²) in [6.45, 7) is -1.03. The number of anilines is 1. The molecule has 1 fully saturated rings. The van der Waals surface area contributed by atoms with E-state index < -0.39 is 42.7 Å². The highest BCUT2D eigenvalue weighted by Gasteiger charge is 2.58. The minimum absolute atomic E-state index is 0.0368. The van der Waals surface area contributed by atoms with Gasteiger partial charge in [-0.1, -0.05) is 0 Å². The van der Waals surface area contributed by atoms with Crippen molar-refractivity contribution in [2.24, 2.45) is 0 Å². The molecule has 0 aromatic carbocycles. The first-order valence-corrected chi connectivity index (χ1v) is 7.39.